The Morgan fingerprint density at radius 3 is 2.22 bits per heavy atom. The number of aryl methyl sites for hydroxylation is 1. The van der Waals surface area contributed by atoms with Gasteiger partial charge in [-0.3, -0.25) is 0 Å². The molecule has 0 unspecified atom stereocenters. The summed E-state index contributed by atoms with van der Waals surface area (Å²) in [7, 11) is 0. The number of phenols is 1. The van der Waals surface area contributed by atoms with Gasteiger partial charge in [0, 0.05) is 11.6 Å². The lowest BCUT2D eigenvalue weighted by molar-refractivity contribution is 0.0693. The minimum atomic E-state index is -1.07. The molecule has 0 heterocycles. The first kappa shape index (κ1) is 16.7. The number of carboxylic acid groups (broad SMARTS) is 1. The first-order valence-electron chi connectivity index (χ1n) is 5.47. The van der Waals surface area contributed by atoms with Gasteiger partial charge in [0.05, 0.1) is 5.56 Å². The zero-order chi connectivity index (χ0) is 13.4. The zero-order valence-electron chi connectivity index (χ0n) is 11.0. The van der Waals surface area contributed by atoms with E-state index < -0.39 is 12.0 Å². The van der Waals surface area contributed by atoms with Crippen LogP contribution in [0.25, 0.3) is 0 Å². The molecule has 1 aromatic carbocycles. The van der Waals surface area contributed by atoms with Gasteiger partial charge in [-0.15, -0.1) is 12.4 Å². The van der Waals surface area contributed by atoms with Gasteiger partial charge in [0.25, 0.3) is 0 Å². The van der Waals surface area contributed by atoms with Gasteiger partial charge in [0.15, 0.2) is 0 Å². The minimum Gasteiger partial charge on any atom is -0.507 e. The van der Waals surface area contributed by atoms with Crippen LogP contribution in [-0.4, -0.2) is 16.2 Å². The molecule has 0 saturated carbocycles. The molecule has 0 aliphatic rings. The van der Waals surface area contributed by atoms with Crippen LogP contribution >= 0.6 is 12.4 Å². The van der Waals surface area contributed by atoms with Gasteiger partial charge in [-0.05, 0) is 24.0 Å². The maximum atomic E-state index is 11.2. The Bertz CT molecular complexity index is 452. The molecule has 1 aromatic rings. The van der Waals surface area contributed by atoms with Crippen molar-refractivity contribution in [3.8, 4) is 5.75 Å². The first-order chi connectivity index (χ1) is 7.66. The van der Waals surface area contributed by atoms with Crippen molar-refractivity contribution in [2.75, 3.05) is 0 Å². The van der Waals surface area contributed by atoms with Gasteiger partial charge < -0.3 is 15.9 Å². The molecule has 0 radical (unpaired) electrons. The number of rotatable bonds is 2. The Morgan fingerprint density at radius 1 is 1.33 bits per heavy atom. The van der Waals surface area contributed by atoms with Crippen LogP contribution in [0.5, 0.6) is 5.75 Å². The minimum absolute atomic E-state index is 0. The van der Waals surface area contributed by atoms with Crippen molar-refractivity contribution in [2.24, 2.45) is 11.1 Å². The fraction of sp³-hybridized carbons (Fsp3) is 0.462. The lowest BCUT2D eigenvalue weighted by Gasteiger charge is -2.29. The van der Waals surface area contributed by atoms with Crippen molar-refractivity contribution in [1.82, 2.24) is 0 Å². The number of carboxylic acids is 1. The number of hydrogen-bond donors (Lipinski definition) is 3. The summed E-state index contributed by atoms with van der Waals surface area (Å²) in [4.78, 5) is 11.2. The number of hydrogen-bond acceptors (Lipinski definition) is 3. The van der Waals surface area contributed by atoms with Crippen molar-refractivity contribution in [2.45, 2.75) is 33.7 Å². The van der Waals surface area contributed by atoms with Crippen molar-refractivity contribution in [3.05, 3.63) is 28.8 Å². The molecule has 0 saturated heterocycles. The van der Waals surface area contributed by atoms with E-state index in [1.54, 1.807) is 13.0 Å². The molecule has 4 nitrogen and oxygen atoms in total. The number of aromatic hydroxyl groups is 1. The Labute approximate surface area is 113 Å². The van der Waals surface area contributed by atoms with Crippen LogP contribution in [0.3, 0.4) is 0 Å². The van der Waals surface area contributed by atoms with E-state index in [0.29, 0.717) is 11.1 Å². The van der Waals surface area contributed by atoms with Crippen molar-refractivity contribution < 1.29 is 15.0 Å². The van der Waals surface area contributed by atoms with Crippen LogP contribution in [-0.2, 0) is 0 Å². The van der Waals surface area contributed by atoms with Crippen molar-refractivity contribution >= 4 is 18.4 Å². The normalized spacial score (nSPS) is 12.7. The number of halogens is 1. The smallest absolute Gasteiger partial charge is 0.336 e. The molecule has 0 bridgehead atoms. The van der Waals surface area contributed by atoms with E-state index in [4.69, 9.17) is 10.8 Å². The van der Waals surface area contributed by atoms with Gasteiger partial charge >= 0.3 is 5.97 Å². The fourth-order valence-electron chi connectivity index (χ4n) is 1.65. The maximum Gasteiger partial charge on any atom is 0.336 e. The topological polar surface area (TPSA) is 83.5 Å². The molecule has 0 spiro atoms. The fourth-order valence-corrected chi connectivity index (χ4v) is 1.65. The molecular formula is C13H20ClNO3. The maximum absolute atomic E-state index is 11.2. The number of carbonyl (C=O) groups is 1. The molecule has 5 heteroatoms. The van der Waals surface area contributed by atoms with Gasteiger partial charge in [-0.1, -0.05) is 26.8 Å². The van der Waals surface area contributed by atoms with E-state index in [1.807, 2.05) is 20.8 Å². The molecule has 1 rings (SSSR count). The number of benzene rings is 1. The summed E-state index contributed by atoms with van der Waals surface area (Å²) in [6.45, 7) is 7.45. The van der Waals surface area contributed by atoms with Gasteiger partial charge in [-0.2, -0.15) is 0 Å². The van der Waals surface area contributed by atoms with Crippen LogP contribution in [0.4, 0.5) is 0 Å². The Hall–Kier alpha value is -1.26. The van der Waals surface area contributed by atoms with Crippen molar-refractivity contribution in [1.29, 1.82) is 0 Å². The predicted octanol–water partition coefficient (Wildman–Crippen LogP) is 2.87. The zero-order valence-corrected chi connectivity index (χ0v) is 11.8. The standard InChI is InChI=1S/C13H19NO3.ClH/c1-7-5-6-8(12(16)17)9(10(7)15)11(14)13(2,3)4;/h5-6,11,15H,14H2,1-4H3,(H,16,17);1H/t11-;/m0./s1. The average molecular weight is 274 g/mol. The molecular weight excluding hydrogens is 254 g/mol. The van der Waals surface area contributed by atoms with Gasteiger partial charge in [-0.25, -0.2) is 4.79 Å². The highest BCUT2D eigenvalue weighted by Gasteiger charge is 2.29. The highest BCUT2D eigenvalue weighted by molar-refractivity contribution is 5.90. The molecule has 1 atom stereocenters. The van der Waals surface area contributed by atoms with Crippen molar-refractivity contribution in [3.63, 3.8) is 0 Å². The third kappa shape index (κ3) is 3.15. The lowest BCUT2D eigenvalue weighted by Crippen LogP contribution is -2.28. The molecule has 0 aliphatic heterocycles. The Balaban J connectivity index is 0.00000289. The summed E-state index contributed by atoms with van der Waals surface area (Å²) in [6, 6.07) is 2.53. The van der Waals surface area contributed by atoms with E-state index in [1.165, 1.54) is 6.07 Å². The van der Waals surface area contributed by atoms with E-state index in [9.17, 15) is 9.90 Å². The highest BCUT2D eigenvalue weighted by atomic mass is 35.5. The van der Waals surface area contributed by atoms with E-state index in [-0.39, 0.29) is 29.1 Å². The molecule has 4 N–H and O–H groups in total. The summed E-state index contributed by atoms with van der Waals surface area (Å²) in [6.07, 6.45) is 0. The first-order valence-corrected chi connectivity index (χ1v) is 5.47. The van der Waals surface area contributed by atoms with Gasteiger partial charge in [0.1, 0.15) is 5.75 Å². The molecule has 0 fully saturated rings. The summed E-state index contributed by atoms with van der Waals surface area (Å²) >= 11 is 0. The molecule has 0 aliphatic carbocycles. The monoisotopic (exact) mass is 273 g/mol. The third-order valence-electron chi connectivity index (χ3n) is 2.89. The largest absolute Gasteiger partial charge is 0.507 e. The molecule has 0 aromatic heterocycles. The van der Waals surface area contributed by atoms with Crippen LogP contribution in [0.15, 0.2) is 12.1 Å². The highest BCUT2D eigenvalue weighted by Crippen LogP contribution is 2.38. The van der Waals surface area contributed by atoms with Gasteiger partial charge in [0.2, 0.25) is 0 Å². The number of nitrogens with two attached hydrogens (primary N) is 1. The van der Waals surface area contributed by atoms with Crippen LogP contribution in [0, 0.1) is 12.3 Å². The SMILES string of the molecule is Cc1ccc(C(=O)O)c([C@H](N)C(C)(C)C)c1O.Cl. The quantitative estimate of drug-likeness (QED) is 0.774. The predicted molar refractivity (Wildman–Crippen MR) is 73.4 cm³/mol. The van der Waals surface area contributed by atoms with E-state index in [0.717, 1.165) is 0 Å². The molecule has 18 heavy (non-hydrogen) atoms. The molecule has 0 amide bonds. The lowest BCUT2D eigenvalue weighted by atomic mass is 9.80. The van der Waals surface area contributed by atoms with E-state index >= 15 is 0 Å². The number of aromatic carboxylic acids is 1. The Kier molecular flexibility index (Phi) is 5.20. The summed E-state index contributed by atoms with van der Waals surface area (Å²) in [5.41, 5.74) is 6.74. The van der Waals surface area contributed by atoms with Crippen LogP contribution in [0.1, 0.15) is 48.3 Å². The average Bonchev–Trinajstić information content (AvgIpc) is 2.19. The third-order valence-corrected chi connectivity index (χ3v) is 2.89. The van der Waals surface area contributed by atoms with Crippen LogP contribution < -0.4 is 5.73 Å². The second kappa shape index (κ2) is 5.59. The second-order valence-corrected chi connectivity index (χ2v) is 5.34. The summed E-state index contributed by atoms with van der Waals surface area (Å²) in [5, 5.41) is 19.1. The van der Waals surface area contributed by atoms with Crippen LogP contribution in [0.2, 0.25) is 0 Å². The molecule has 102 valence electrons. The van der Waals surface area contributed by atoms with E-state index in [2.05, 4.69) is 0 Å². The summed E-state index contributed by atoms with van der Waals surface area (Å²) < 4.78 is 0. The number of phenolic OH excluding ortho intramolecular Hbond substituents is 1. The second-order valence-electron chi connectivity index (χ2n) is 5.34. The Morgan fingerprint density at radius 2 is 1.83 bits per heavy atom. The summed E-state index contributed by atoms with van der Waals surface area (Å²) in [5.74, 6) is -1.10.